The Morgan fingerprint density at radius 1 is 1.47 bits per heavy atom. The van der Waals surface area contributed by atoms with Crippen LogP contribution in [0.1, 0.15) is 23.2 Å². The van der Waals surface area contributed by atoms with Gasteiger partial charge in [0.05, 0.1) is 5.56 Å². The second-order valence-corrected chi connectivity index (χ2v) is 4.63. The van der Waals surface area contributed by atoms with Crippen LogP contribution in [0.5, 0.6) is 0 Å². The molecule has 0 aromatic heterocycles. The van der Waals surface area contributed by atoms with Gasteiger partial charge in [-0.2, -0.15) is 0 Å². The zero-order chi connectivity index (χ0) is 12.4. The Balaban J connectivity index is 2.28. The zero-order valence-electron chi connectivity index (χ0n) is 10.1. The second-order valence-electron chi connectivity index (χ2n) is 4.63. The highest BCUT2D eigenvalue weighted by atomic mass is 16.1. The molecular formula is C13H19N3O. The molecule has 4 N–H and O–H groups in total. The molecule has 0 aliphatic heterocycles. The number of carbonyl (C=O) groups is 1. The number of rotatable bonds is 5. The van der Waals surface area contributed by atoms with Crippen molar-refractivity contribution in [2.75, 3.05) is 18.5 Å². The fourth-order valence-corrected chi connectivity index (χ4v) is 2.32. The summed E-state index contributed by atoms with van der Waals surface area (Å²) in [4.78, 5) is 13.5. The molecule has 2 rings (SSSR count). The molecule has 17 heavy (non-hydrogen) atoms. The lowest BCUT2D eigenvalue weighted by Crippen LogP contribution is -2.40. The number of hydrogen-bond acceptors (Lipinski definition) is 3. The average Bonchev–Trinajstić information content (AvgIpc) is 3.14. The van der Waals surface area contributed by atoms with Crippen molar-refractivity contribution < 1.29 is 4.79 Å². The van der Waals surface area contributed by atoms with Crippen LogP contribution in [-0.2, 0) is 0 Å². The van der Waals surface area contributed by atoms with E-state index in [0.717, 1.165) is 5.69 Å². The molecule has 92 valence electrons. The number of benzene rings is 1. The molecule has 0 radical (unpaired) electrons. The summed E-state index contributed by atoms with van der Waals surface area (Å²) in [6.07, 6.45) is 2.45. The monoisotopic (exact) mass is 233 g/mol. The van der Waals surface area contributed by atoms with E-state index < -0.39 is 0 Å². The van der Waals surface area contributed by atoms with Crippen LogP contribution in [0, 0.1) is 5.92 Å². The molecule has 0 saturated heterocycles. The molecule has 1 aromatic rings. The predicted octanol–water partition coefficient (Wildman–Crippen LogP) is 0.959. The van der Waals surface area contributed by atoms with E-state index >= 15 is 0 Å². The quantitative estimate of drug-likeness (QED) is 0.795. The molecule has 4 heteroatoms. The Hall–Kier alpha value is -1.55. The maximum Gasteiger partial charge on any atom is 0.250 e. The molecule has 1 aliphatic rings. The third-order valence-electron chi connectivity index (χ3n) is 3.45. The van der Waals surface area contributed by atoms with Gasteiger partial charge in [-0.05, 0) is 30.9 Å². The summed E-state index contributed by atoms with van der Waals surface area (Å²) in [5.41, 5.74) is 12.7. The van der Waals surface area contributed by atoms with Crippen molar-refractivity contribution in [2.24, 2.45) is 17.4 Å². The van der Waals surface area contributed by atoms with Crippen LogP contribution in [0.2, 0.25) is 0 Å². The van der Waals surface area contributed by atoms with Crippen LogP contribution in [0.3, 0.4) is 0 Å². The van der Waals surface area contributed by atoms with Gasteiger partial charge in [0.15, 0.2) is 0 Å². The summed E-state index contributed by atoms with van der Waals surface area (Å²) >= 11 is 0. The van der Waals surface area contributed by atoms with E-state index in [2.05, 4.69) is 4.90 Å². The lowest BCUT2D eigenvalue weighted by Gasteiger charge is -2.30. The number of nitrogens with zero attached hydrogens (tertiary/aromatic N) is 1. The van der Waals surface area contributed by atoms with Crippen molar-refractivity contribution in [1.82, 2.24) is 0 Å². The first kappa shape index (κ1) is 11.9. The zero-order valence-corrected chi connectivity index (χ0v) is 10.1. The standard InChI is InChI=1S/C13H19N3O/c1-16(12(8-14)9-6-7-9)11-5-3-2-4-10(11)13(15)17/h2-5,9,12H,6-8,14H2,1H3,(H2,15,17). The summed E-state index contributed by atoms with van der Waals surface area (Å²) in [5.74, 6) is 0.268. The SMILES string of the molecule is CN(c1ccccc1C(N)=O)C(CN)C1CC1. The van der Waals surface area contributed by atoms with Crippen LogP contribution in [0.4, 0.5) is 5.69 Å². The van der Waals surface area contributed by atoms with Gasteiger partial charge in [0.1, 0.15) is 0 Å². The summed E-state index contributed by atoms with van der Waals surface area (Å²) in [6.45, 7) is 0.605. The predicted molar refractivity (Wildman–Crippen MR) is 68.9 cm³/mol. The number of amides is 1. The minimum absolute atomic E-state index is 0.301. The molecule has 0 bridgehead atoms. The van der Waals surface area contributed by atoms with Gasteiger partial charge in [0.2, 0.25) is 0 Å². The largest absolute Gasteiger partial charge is 0.369 e. The minimum Gasteiger partial charge on any atom is -0.369 e. The van der Waals surface area contributed by atoms with Crippen LogP contribution in [0.15, 0.2) is 24.3 Å². The summed E-state index contributed by atoms with van der Waals surface area (Å²) in [5, 5.41) is 0. The normalized spacial score (nSPS) is 16.6. The number of carbonyl (C=O) groups excluding carboxylic acids is 1. The highest BCUT2D eigenvalue weighted by Crippen LogP contribution is 2.36. The molecule has 0 heterocycles. The van der Waals surface area contributed by atoms with Crippen molar-refractivity contribution in [2.45, 2.75) is 18.9 Å². The average molecular weight is 233 g/mol. The number of primary amides is 1. The number of hydrogen-bond donors (Lipinski definition) is 2. The first-order valence-corrected chi connectivity index (χ1v) is 5.97. The van der Waals surface area contributed by atoms with E-state index in [4.69, 9.17) is 11.5 Å². The lowest BCUT2D eigenvalue weighted by atomic mass is 10.1. The number of nitrogens with two attached hydrogens (primary N) is 2. The molecule has 1 aromatic carbocycles. The first-order valence-electron chi connectivity index (χ1n) is 5.97. The third-order valence-corrected chi connectivity index (χ3v) is 3.45. The van der Waals surface area contributed by atoms with Crippen LogP contribution in [0.25, 0.3) is 0 Å². The molecule has 0 spiro atoms. The van der Waals surface area contributed by atoms with Gasteiger partial charge >= 0.3 is 0 Å². The Morgan fingerprint density at radius 3 is 2.65 bits per heavy atom. The molecule has 1 unspecified atom stereocenters. The molecule has 1 aliphatic carbocycles. The molecule has 4 nitrogen and oxygen atoms in total. The smallest absolute Gasteiger partial charge is 0.250 e. The molecule has 1 amide bonds. The van der Waals surface area contributed by atoms with Crippen LogP contribution < -0.4 is 16.4 Å². The van der Waals surface area contributed by atoms with Gasteiger partial charge < -0.3 is 16.4 Å². The Bertz CT molecular complexity index is 415. The van der Waals surface area contributed by atoms with Crippen molar-refractivity contribution in [1.29, 1.82) is 0 Å². The maximum atomic E-state index is 11.4. The second kappa shape index (κ2) is 4.75. The fourth-order valence-electron chi connectivity index (χ4n) is 2.32. The van der Waals surface area contributed by atoms with Crippen molar-refractivity contribution >= 4 is 11.6 Å². The molecular weight excluding hydrogens is 214 g/mol. The Labute approximate surface area is 102 Å². The van der Waals surface area contributed by atoms with Gasteiger partial charge in [-0.25, -0.2) is 0 Å². The summed E-state index contributed by atoms with van der Waals surface area (Å²) in [7, 11) is 1.98. The highest BCUT2D eigenvalue weighted by Gasteiger charge is 2.33. The number of anilines is 1. The molecule has 1 fully saturated rings. The van der Waals surface area contributed by atoms with Gasteiger partial charge in [0, 0.05) is 25.3 Å². The molecule has 1 atom stereocenters. The minimum atomic E-state index is -0.390. The van der Waals surface area contributed by atoms with Crippen molar-refractivity contribution in [3.8, 4) is 0 Å². The fraction of sp³-hybridized carbons (Fsp3) is 0.462. The number of likely N-dealkylation sites (N-methyl/N-ethyl adjacent to an activating group) is 1. The summed E-state index contributed by atoms with van der Waals surface area (Å²) < 4.78 is 0. The van der Waals surface area contributed by atoms with Crippen molar-refractivity contribution in [3.63, 3.8) is 0 Å². The first-order chi connectivity index (χ1) is 8.15. The van der Waals surface area contributed by atoms with E-state index in [1.54, 1.807) is 6.07 Å². The van der Waals surface area contributed by atoms with E-state index in [1.807, 2.05) is 25.2 Å². The van der Waals surface area contributed by atoms with Crippen molar-refractivity contribution in [3.05, 3.63) is 29.8 Å². The van der Waals surface area contributed by atoms with E-state index in [-0.39, 0.29) is 5.91 Å². The third kappa shape index (κ3) is 2.42. The van der Waals surface area contributed by atoms with Crippen LogP contribution in [-0.4, -0.2) is 25.5 Å². The summed E-state index contributed by atoms with van der Waals surface area (Å²) in [6, 6.07) is 7.72. The number of para-hydroxylation sites is 1. The lowest BCUT2D eigenvalue weighted by molar-refractivity contribution is 0.100. The topological polar surface area (TPSA) is 72.3 Å². The van der Waals surface area contributed by atoms with E-state index in [1.165, 1.54) is 12.8 Å². The van der Waals surface area contributed by atoms with Gasteiger partial charge in [-0.15, -0.1) is 0 Å². The highest BCUT2D eigenvalue weighted by molar-refractivity contribution is 5.98. The van der Waals surface area contributed by atoms with Gasteiger partial charge in [-0.1, -0.05) is 12.1 Å². The Morgan fingerprint density at radius 2 is 2.12 bits per heavy atom. The Kier molecular flexibility index (Phi) is 3.33. The van der Waals surface area contributed by atoms with E-state index in [0.29, 0.717) is 24.1 Å². The maximum absolute atomic E-state index is 11.4. The van der Waals surface area contributed by atoms with E-state index in [9.17, 15) is 4.79 Å². The van der Waals surface area contributed by atoms with Gasteiger partial charge in [-0.3, -0.25) is 4.79 Å². The molecule has 1 saturated carbocycles. The van der Waals surface area contributed by atoms with Crippen LogP contribution >= 0.6 is 0 Å². The van der Waals surface area contributed by atoms with Gasteiger partial charge in [0.25, 0.3) is 5.91 Å².